The summed E-state index contributed by atoms with van der Waals surface area (Å²) in [4.78, 5) is 11.7. The van der Waals surface area contributed by atoms with Gasteiger partial charge in [-0.15, -0.1) is 0 Å². The van der Waals surface area contributed by atoms with E-state index >= 15 is 0 Å². The summed E-state index contributed by atoms with van der Waals surface area (Å²) in [7, 11) is 0. The van der Waals surface area contributed by atoms with Crippen LogP contribution in [0.25, 0.3) is 0 Å². The normalized spacial score (nSPS) is 16.1. The quantitative estimate of drug-likeness (QED) is 0.743. The molecule has 2 rings (SSSR count). The molecule has 2 amide bonds. The lowest BCUT2D eigenvalue weighted by Crippen LogP contribution is -2.39. The first-order valence-electron chi connectivity index (χ1n) is 6.42. The summed E-state index contributed by atoms with van der Waals surface area (Å²) in [5, 5.41) is 14.3. The van der Waals surface area contributed by atoms with Crippen molar-refractivity contribution in [2.24, 2.45) is 5.92 Å². The third kappa shape index (κ3) is 3.47. The van der Waals surface area contributed by atoms with E-state index < -0.39 is 0 Å². The average molecular weight is 248 g/mol. The largest absolute Gasteiger partial charge is 0.395 e. The average Bonchev–Trinajstić information content (AvgIpc) is 3.19. The molecule has 98 valence electrons. The maximum atomic E-state index is 11.7. The van der Waals surface area contributed by atoms with E-state index in [0.29, 0.717) is 5.92 Å². The Morgan fingerprint density at radius 3 is 2.61 bits per heavy atom. The fourth-order valence-corrected chi connectivity index (χ4v) is 2.04. The van der Waals surface area contributed by atoms with Crippen molar-refractivity contribution in [1.82, 2.24) is 10.6 Å². The predicted octanol–water partition coefficient (Wildman–Crippen LogP) is 1.74. The van der Waals surface area contributed by atoms with E-state index in [9.17, 15) is 4.79 Å². The zero-order valence-corrected chi connectivity index (χ0v) is 10.6. The Balaban J connectivity index is 2.00. The molecular weight excluding hydrogens is 228 g/mol. The number of hydrogen-bond acceptors (Lipinski definition) is 2. The van der Waals surface area contributed by atoms with Crippen LogP contribution in [0.5, 0.6) is 0 Å². The van der Waals surface area contributed by atoms with Crippen LogP contribution in [0, 0.1) is 12.8 Å². The van der Waals surface area contributed by atoms with E-state index in [2.05, 4.69) is 41.8 Å². The monoisotopic (exact) mass is 248 g/mol. The Morgan fingerprint density at radius 2 is 2.06 bits per heavy atom. The molecule has 1 saturated carbocycles. The van der Waals surface area contributed by atoms with Gasteiger partial charge in [-0.05, 0) is 31.2 Å². The highest BCUT2D eigenvalue weighted by Crippen LogP contribution is 2.40. The minimum atomic E-state index is -0.207. The van der Waals surface area contributed by atoms with Crippen molar-refractivity contribution in [1.29, 1.82) is 0 Å². The Labute approximate surface area is 107 Å². The molecule has 0 spiro atoms. The molecule has 1 atom stereocenters. The zero-order chi connectivity index (χ0) is 13.0. The van der Waals surface area contributed by atoms with E-state index in [4.69, 9.17) is 5.11 Å². The first-order chi connectivity index (χ1) is 8.70. The summed E-state index contributed by atoms with van der Waals surface area (Å²) in [6.45, 7) is 2.31. The van der Waals surface area contributed by atoms with Gasteiger partial charge in [-0.25, -0.2) is 4.79 Å². The van der Waals surface area contributed by atoms with Crippen LogP contribution in [0.1, 0.15) is 30.0 Å². The minimum Gasteiger partial charge on any atom is -0.395 e. The van der Waals surface area contributed by atoms with Gasteiger partial charge in [0.1, 0.15) is 0 Å². The molecule has 1 aromatic carbocycles. The Bertz CT molecular complexity index is 399. The van der Waals surface area contributed by atoms with Crippen LogP contribution in [0.4, 0.5) is 4.79 Å². The molecular formula is C14H20N2O2. The van der Waals surface area contributed by atoms with Crippen molar-refractivity contribution in [2.75, 3.05) is 13.2 Å². The number of aliphatic hydroxyl groups is 1. The molecule has 1 unspecified atom stereocenters. The SMILES string of the molecule is Cc1ccc(C(NC(=O)NCCO)C2CC2)cc1. The van der Waals surface area contributed by atoms with Crippen molar-refractivity contribution in [2.45, 2.75) is 25.8 Å². The third-order valence-electron chi connectivity index (χ3n) is 3.21. The van der Waals surface area contributed by atoms with Crippen LogP contribution in [0.15, 0.2) is 24.3 Å². The molecule has 3 N–H and O–H groups in total. The summed E-state index contributed by atoms with van der Waals surface area (Å²) >= 11 is 0. The lowest BCUT2D eigenvalue weighted by molar-refractivity contribution is 0.229. The van der Waals surface area contributed by atoms with Gasteiger partial charge in [0.25, 0.3) is 0 Å². The van der Waals surface area contributed by atoms with Crippen molar-refractivity contribution in [3.05, 3.63) is 35.4 Å². The van der Waals surface area contributed by atoms with Gasteiger partial charge in [-0.2, -0.15) is 0 Å². The number of amides is 2. The molecule has 0 aliphatic heterocycles. The highest BCUT2D eigenvalue weighted by Gasteiger charge is 2.33. The zero-order valence-electron chi connectivity index (χ0n) is 10.6. The molecule has 0 heterocycles. The van der Waals surface area contributed by atoms with Gasteiger partial charge < -0.3 is 15.7 Å². The second-order valence-electron chi connectivity index (χ2n) is 4.85. The van der Waals surface area contributed by atoms with Gasteiger partial charge in [-0.1, -0.05) is 29.8 Å². The van der Waals surface area contributed by atoms with Gasteiger partial charge in [0, 0.05) is 6.54 Å². The molecule has 1 aliphatic rings. The number of urea groups is 1. The molecule has 4 heteroatoms. The fourth-order valence-electron chi connectivity index (χ4n) is 2.04. The van der Waals surface area contributed by atoms with Gasteiger partial charge in [0.2, 0.25) is 0 Å². The van der Waals surface area contributed by atoms with Gasteiger partial charge in [0.15, 0.2) is 0 Å². The number of carbonyl (C=O) groups excluding carboxylic acids is 1. The van der Waals surface area contributed by atoms with E-state index in [1.165, 1.54) is 18.4 Å². The maximum absolute atomic E-state index is 11.7. The first kappa shape index (κ1) is 12.9. The summed E-state index contributed by atoms with van der Waals surface area (Å²) < 4.78 is 0. The minimum absolute atomic E-state index is 0.0357. The Morgan fingerprint density at radius 1 is 1.39 bits per heavy atom. The molecule has 0 saturated heterocycles. The van der Waals surface area contributed by atoms with E-state index in [1.807, 2.05) is 0 Å². The summed E-state index contributed by atoms with van der Waals surface area (Å²) in [6, 6.07) is 8.16. The third-order valence-corrected chi connectivity index (χ3v) is 3.21. The van der Waals surface area contributed by atoms with Gasteiger partial charge in [0.05, 0.1) is 12.6 Å². The van der Waals surface area contributed by atoms with Crippen molar-refractivity contribution in [3.8, 4) is 0 Å². The molecule has 4 nitrogen and oxygen atoms in total. The molecule has 1 aliphatic carbocycles. The second-order valence-corrected chi connectivity index (χ2v) is 4.85. The number of rotatable bonds is 5. The lowest BCUT2D eigenvalue weighted by atomic mass is 10.0. The van der Waals surface area contributed by atoms with Crippen LogP contribution in [-0.4, -0.2) is 24.3 Å². The molecule has 0 aromatic heterocycles. The summed E-state index contributed by atoms with van der Waals surface area (Å²) in [5.74, 6) is 0.549. The van der Waals surface area contributed by atoms with E-state index in [-0.39, 0.29) is 25.2 Å². The summed E-state index contributed by atoms with van der Waals surface area (Å²) in [5.41, 5.74) is 2.38. The van der Waals surface area contributed by atoms with Gasteiger partial charge >= 0.3 is 6.03 Å². The van der Waals surface area contributed by atoms with Crippen LogP contribution in [-0.2, 0) is 0 Å². The molecule has 18 heavy (non-hydrogen) atoms. The van der Waals surface area contributed by atoms with E-state index in [1.54, 1.807) is 0 Å². The highest BCUT2D eigenvalue weighted by atomic mass is 16.3. The Hall–Kier alpha value is -1.55. The molecule has 0 radical (unpaired) electrons. The van der Waals surface area contributed by atoms with Crippen molar-refractivity contribution < 1.29 is 9.90 Å². The number of aliphatic hydroxyl groups excluding tert-OH is 1. The smallest absolute Gasteiger partial charge is 0.315 e. The highest BCUT2D eigenvalue weighted by molar-refractivity contribution is 5.74. The number of nitrogens with one attached hydrogen (secondary N) is 2. The Kier molecular flexibility index (Phi) is 4.20. The fraction of sp³-hybridized carbons (Fsp3) is 0.500. The first-order valence-corrected chi connectivity index (χ1v) is 6.42. The van der Waals surface area contributed by atoms with Crippen LogP contribution in [0.3, 0.4) is 0 Å². The van der Waals surface area contributed by atoms with Crippen molar-refractivity contribution in [3.63, 3.8) is 0 Å². The molecule has 1 aromatic rings. The van der Waals surface area contributed by atoms with Crippen molar-refractivity contribution >= 4 is 6.03 Å². The topological polar surface area (TPSA) is 61.4 Å². The number of benzene rings is 1. The number of aryl methyl sites for hydroxylation is 1. The van der Waals surface area contributed by atoms with Gasteiger partial charge in [-0.3, -0.25) is 0 Å². The molecule has 1 fully saturated rings. The van der Waals surface area contributed by atoms with Crippen LogP contribution in [0.2, 0.25) is 0 Å². The summed E-state index contributed by atoms with van der Waals surface area (Å²) in [6.07, 6.45) is 2.33. The number of hydrogen-bond donors (Lipinski definition) is 3. The maximum Gasteiger partial charge on any atom is 0.315 e. The van der Waals surface area contributed by atoms with Crippen LogP contribution < -0.4 is 10.6 Å². The predicted molar refractivity (Wildman–Crippen MR) is 70.3 cm³/mol. The van der Waals surface area contributed by atoms with Crippen LogP contribution >= 0.6 is 0 Å². The molecule has 0 bridgehead atoms. The second kappa shape index (κ2) is 5.87. The number of carbonyl (C=O) groups is 1. The van der Waals surface area contributed by atoms with E-state index in [0.717, 1.165) is 5.56 Å². The standard InChI is InChI=1S/C14H20N2O2/c1-10-2-4-11(5-3-10)13(12-6-7-12)16-14(18)15-8-9-17/h2-5,12-13,17H,6-9H2,1H3,(H2,15,16,18). The lowest BCUT2D eigenvalue weighted by Gasteiger charge is -2.19.